The van der Waals surface area contributed by atoms with Gasteiger partial charge in [0.1, 0.15) is 29.4 Å². The van der Waals surface area contributed by atoms with Crippen molar-refractivity contribution in [2.75, 3.05) is 58.4 Å². The van der Waals surface area contributed by atoms with Gasteiger partial charge in [-0.05, 0) is 108 Å². The van der Waals surface area contributed by atoms with E-state index in [9.17, 15) is 66.5 Å². The van der Waals surface area contributed by atoms with Crippen LogP contribution in [-0.2, 0) is 79.7 Å². The zero-order valence-corrected chi connectivity index (χ0v) is 50.7. The van der Waals surface area contributed by atoms with Crippen molar-refractivity contribution in [1.82, 2.24) is 20.9 Å². The fourth-order valence-corrected chi connectivity index (χ4v) is 9.95. The molecular weight excluding hydrogens is 1180 g/mol. The maximum absolute atomic E-state index is 13.9. The van der Waals surface area contributed by atoms with Crippen molar-refractivity contribution in [3.05, 3.63) is 70.8 Å². The van der Waals surface area contributed by atoms with Crippen LogP contribution in [0.2, 0.25) is 0 Å². The van der Waals surface area contributed by atoms with Gasteiger partial charge in [0.2, 0.25) is 17.7 Å². The number of rotatable bonds is 43. The Morgan fingerprint density at radius 1 is 0.773 bits per heavy atom. The van der Waals surface area contributed by atoms with Crippen LogP contribution < -0.4 is 38.9 Å². The van der Waals surface area contributed by atoms with Crippen molar-refractivity contribution in [2.45, 2.75) is 159 Å². The molecule has 3 rings (SSSR count). The molecule has 0 aliphatic carbocycles. The normalized spacial score (nSPS) is 16.1. The van der Waals surface area contributed by atoms with Gasteiger partial charge in [0.25, 0.3) is 0 Å². The van der Waals surface area contributed by atoms with E-state index in [2.05, 4.69) is 38.5 Å². The smallest absolute Gasteiger partial charge is 0.416 e. The number of benzene rings is 2. The number of carboxylic acids is 2. The lowest BCUT2D eigenvalue weighted by Gasteiger charge is -2.41. The first-order chi connectivity index (χ1) is 41.7. The Bertz CT molecular complexity index is 2630. The van der Waals surface area contributed by atoms with Crippen LogP contribution in [0.5, 0.6) is 0 Å². The molecule has 0 spiro atoms. The molecule has 8 atom stereocenters. The number of alkyl halides is 3. The second-order valence-corrected chi connectivity index (χ2v) is 21.7. The number of unbranched alkanes of at least 4 members (excludes halogenated alkanes) is 1. The standard InChI is InChI=1S/C58H86F3N9O14S.CO2/c1-36-27-38(29-42(28-36)58(59,60)61)34-84-50-16-9-22-70(52(50)39-11-4-3-5-12-39)33-44(72)14-10-23-82-25-26-83-24-19-43(71)30-40(13-8-21-66-57(64)65)49(74)31-41(32-51(75)76)54(78)68-46(15-6-7-20-62)48(73)18-17-45(63)55(79)67-37(2)53(77)69-47(35-85)56(80)81;2-1-3/h3-5,11-12,27-29,37,40-41,45-47,50,52,85H,6-10,13-26,30-35,62-63H2,1-2H3,(H,67,79)(H,68,78)(H,69,77)(H,75,76)(H,80,81)(H4,64,65,66);/t37-,40?,41-,45-,46?,47-,50-,52-;/m0./s1. The fourth-order valence-electron chi connectivity index (χ4n) is 9.70. The number of guanidine groups is 1. The van der Waals surface area contributed by atoms with E-state index in [-0.39, 0.29) is 146 Å². The number of amides is 3. The first-order valence-corrected chi connectivity index (χ1v) is 29.7. The third kappa shape index (κ3) is 30.8. The topological polar surface area (TPSA) is 412 Å². The summed E-state index contributed by atoms with van der Waals surface area (Å²) in [6, 6.07) is 8.15. The number of ether oxygens (including phenoxy) is 3. The van der Waals surface area contributed by atoms with Gasteiger partial charge < -0.3 is 63.3 Å². The predicted molar refractivity (Wildman–Crippen MR) is 317 cm³/mol. The largest absolute Gasteiger partial charge is 0.481 e. The molecule has 3 amide bonds. The molecule has 1 fully saturated rings. The van der Waals surface area contributed by atoms with Crippen molar-refractivity contribution in [3.8, 4) is 0 Å². The molecule has 0 bridgehead atoms. The maximum atomic E-state index is 13.9. The number of piperidine rings is 1. The van der Waals surface area contributed by atoms with E-state index in [4.69, 9.17) is 46.7 Å². The molecule has 490 valence electrons. The number of carboxylic acid groups (broad SMARTS) is 2. The Morgan fingerprint density at radius 2 is 1.44 bits per heavy atom. The Hall–Kier alpha value is -6.98. The summed E-state index contributed by atoms with van der Waals surface area (Å²) in [5.74, 6) is -9.56. The summed E-state index contributed by atoms with van der Waals surface area (Å²) in [6.45, 7) is 4.58. The molecule has 2 unspecified atom stereocenters. The van der Waals surface area contributed by atoms with Crippen LogP contribution >= 0.6 is 12.6 Å². The number of nitrogens with two attached hydrogens (primary N) is 4. The molecule has 25 nitrogen and oxygen atoms in total. The average Bonchev–Trinajstić information content (AvgIpc) is 3.59. The Kier molecular flexibility index (Phi) is 36.8. The van der Waals surface area contributed by atoms with Gasteiger partial charge in [0.05, 0.1) is 75.1 Å². The minimum Gasteiger partial charge on any atom is -0.481 e. The molecule has 1 saturated heterocycles. The Balaban J connectivity index is 0.00000861. The highest BCUT2D eigenvalue weighted by Crippen LogP contribution is 2.35. The Morgan fingerprint density at radius 3 is 2.07 bits per heavy atom. The van der Waals surface area contributed by atoms with E-state index in [0.29, 0.717) is 43.4 Å². The molecule has 2 aromatic carbocycles. The number of hydrogen-bond donors (Lipinski definition) is 10. The number of halogens is 3. The summed E-state index contributed by atoms with van der Waals surface area (Å²) in [5.41, 5.74) is 23.7. The van der Waals surface area contributed by atoms with Crippen molar-refractivity contribution >= 4 is 77.5 Å². The quantitative estimate of drug-likeness (QED) is 0.0197. The zero-order valence-electron chi connectivity index (χ0n) is 49.8. The molecule has 0 radical (unpaired) electrons. The first-order valence-electron chi connectivity index (χ1n) is 29.0. The van der Waals surface area contributed by atoms with Crippen molar-refractivity contribution in [1.29, 1.82) is 0 Å². The second kappa shape index (κ2) is 42.0. The van der Waals surface area contributed by atoms with E-state index < -0.39 is 102 Å². The van der Waals surface area contributed by atoms with E-state index in [1.807, 2.05) is 30.3 Å². The molecule has 1 aliphatic heterocycles. The van der Waals surface area contributed by atoms with Crippen molar-refractivity contribution in [2.24, 2.45) is 39.8 Å². The number of carbonyl (C=O) groups excluding carboxylic acids is 9. The predicted octanol–water partition coefficient (Wildman–Crippen LogP) is 2.90. The highest BCUT2D eigenvalue weighted by molar-refractivity contribution is 7.80. The summed E-state index contributed by atoms with van der Waals surface area (Å²) < 4.78 is 58.3. The number of Topliss-reactive ketones (excluding diaryl/α,β-unsaturated/α-hetero) is 4. The average molecular weight is 1270 g/mol. The van der Waals surface area contributed by atoms with Gasteiger partial charge >= 0.3 is 24.3 Å². The maximum Gasteiger partial charge on any atom is 0.416 e. The number of aliphatic carboxylic acids is 2. The van der Waals surface area contributed by atoms with Crippen molar-refractivity contribution in [3.63, 3.8) is 0 Å². The molecule has 1 heterocycles. The summed E-state index contributed by atoms with van der Waals surface area (Å²) >= 11 is 3.89. The van der Waals surface area contributed by atoms with Gasteiger partial charge in [0.15, 0.2) is 11.7 Å². The third-order valence-electron chi connectivity index (χ3n) is 14.2. The van der Waals surface area contributed by atoms with Crippen LogP contribution in [0.4, 0.5) is 13.2 Å². The van der Waals surface area contributed by atoms with Crippen LogP contribution in [-0.4, -0.2) is 169 Å². The molecule has 0 saturated carbocycles. The number of carbonyl (C=O) groups is 9. The summed E-state index contributed by atoms with van der Waals surface area (Å²) in [6.07, 6.45) is -3.54. The highest BCUT2D eigenvalue weighted by Gasteiger charge is 2.36. The van der Waals surface area contributed by atoms with E-state index in [1.165, 1.54) is 6.92 Å². The van der Waals surface area contributed by atoms with E-state index in [0.717, 1.165) is 24.1 Å². The fraction of sp³-hybridized carbons (Fsp3) is 0.610. The summed E-state index contributed by atoms with van der Waals surface area (Å²) in [5, 5.41) is 26.2. The lowest BCUT2D eigenvalue weighted by atomic mass is 9.85. The van der Waals surface area contributed by atoms with Gasteiger partial charge in [-0.3, -0.25) is 48.2 Å². The number of likely N-dealkylation sites (tertiary alicyclic amines) is 1. The number of aryl methyl sites for hydroxylation is 1. The molecule has 88 heavy (non-hydrogen) atoms. The molecule has 2 aromatic rings. The van der Waals surface area contributed by atoms with Crippen LogP contribution in [0.25, 0.3) is 0 Å². The number of hydrogen-bond acceptors (Lipinski definition) is 19. The lowest BCUT2D eigenvalue weighted by Crippen LogP contribution is -2.53. The van der Waals surface area contributed by atoms with Gasteiger partial charge in [-0.1, -0.05) is 42.0 Å². The van der Waals surface area contributed by atoms with Gasteiger partial charge in [-0.25, -0.2) is 4.79 Å². The Labute approximate surface area is 515 Å². The summed E-state index contributed by atoms with van der Waals surface area (Å²) in [7, 11) is 0. The monoisotopic (exact) mass is 1270 g/mol. The van der Waals surface area contributed by atoms with Gasteiger partial charge in [-0.15, -0.1) is 0 Å². The minimum absolute atomic E-state index is 0.0142. The van der Waals surface area contributed by atoms with E-state index >= 15 is 0 Å². The molecule has 1 aliphatic rings. The molecule has 13 N–H and O–H groups in total. The van der Waals surface area contributed by atoms with Crippen LogP contribution in [0.3, 0.4) is 0 Å². The molecular formula is C59H86F3N9O16S. The highest BCUT2D eigenvalue weighted by atomic mass is 32.1. The van der Waals surface area contributed by atoms with Gasteiger partial charge in [-0.2, -0.15) is 35.4 Å². The molecule has 29 heteroatoms. The summed E-state index contributed by atoms with van der Waals surface area (Å²) in [4.78, 5) is 139. The number of nitrogens with zero attached hydrogens (tertiary/aromatic N) is 2. The first kappa shape index (κ1) is 77.1. The second-order valence-electron chi connectivity index (χ2n) is 21.3. The third-order valence-corrected chi connectivity index (χ3v) is 14.5. The number of nitrogens with one attached hydrogen (secondary N) is 3. The molecule has 0 aromatic heterocycles. The minimum atomic E-state index is -4.49. The zero-order chi connectivity index (χ0) is 65.8. The number of aliphatic imine (C=N–C) groups is 1. The SMILES string of the molecule is Cc1cc(CO[C@H]2CCCN(CC(=O)CCCOCCOCCC(=O)CC(CCCN=C(N)N)C(=O)C[C@@H](CC(=O)O)C(=O)NC(CCCCN)C(=O)CC[C@H](N)C(=O)N[C@@H](C)C(=O)N[C@@H](CS)C(=O)O)[C@H]2c2ccccc2)cc(C(F)(F)F)c1.O=C=O. The van der Waals surface area contributed by atoms with E-state index in [1.54, 1.807) is 13.0 Å². The van der Waals surface area contributed by atoms with Crippen LogP contribution in [0.15, 0.2) is 53.5 Å². The van der Waals surface area contributed by atoms with Crippen LogP contribution in [0, 0.1) is 18.8 Å². The van der Waals surface area contributed by atoms with Gasteiger partial charge in [0, 0.05) is 56.9 Å². The van der Waals surface area contributed by atoms with Crippen LogP contribution in [0.1, 0.15) is 132 Å². The number of ketones is 4. The lowest BCUT2D eigenvalue weighted by molar-refractivity contribution is -0.192. The number of thiol groups is 1. The van der Waals surface area contributed by atoms with Crippen molar-refractivity contribution < 1.29 is 90.3 Å².